The molecule has 2 bridgehead atoms. The van der Waals surface area contributed by atoms with Crippen molar-refractivity contribution in [2.24, 2.45) is 23.5 Å². The summed E-state index contributed by atoms with van der Waals surface area (Å²) in [7, 11) is 0. The Morgan fingerprint density at radius 3 is 2.68 bits per heavy atom. The summed E-state index contributed by atoms with van der Waals surface area (Å²) in [6.45, 7) is 1.64. The monoisotopic (exact) mass is 494 g/mol. The normalized spacial score (nSPS) is 23.9. The number of pyridine rings is 1. The van der Waals surface area contributed by atoms with E-state index in [0.717, 1.165) is 49.0 Å². The molecule has 2 amide bonds. The zero-order valence-corrected chi connectivity index (χ0v) is 20.6. The van der Waals surface area contributed by atoms with Crippen LogP contribution in [0.2, 0.25) is 0 Å². The molecular formula is C29H30N6O2. The number of amides is 2. The first-order valence-corrected chi connectivity index (χ1v) is 13.0. The summed E-state index contributed by atoms with van der Waals surface area (Å²) in [5, 5.41) is 3.57. The third kappa shape index (κ3) is 4.59. The fourth-order valence-electron chi connectivity index (χ4n) is 6.01. The Kier molecular flexibility index (Phi) is 6.16. The molecule has 0 spiro atoms. The standard InChI is InChI=1S/C29H30N6O2/c30-27(36)25-19-8-9-20(15-19)26(25)34-28-23(22-7-4-10-31-16-22)17-32-24(33-28)14-18-5-3-6-21(13-18)29(37)35-11-1-2-12-35/h3-10,13,16-17,19-20,25-26H,1-2,11-12,14-15H2,(H2,30,36)(H,32,33,34)/t19-,20+,25+,26-/m1/s1. The minimum absolute atomic E-state index is 0.0800. The van der Waals surface area contributed by atoms with Gasteiger partial charge in [0.05, 0.1) is 5.92 Å². The van der Waals surface area contributed by atoms with Gasteiger partial charge in [-0.3, -0.25) is 14.6 Å². The summed E-state index contributed by atoms with van der Waals surface area (Å²) in [5.41, 5.74) is 9.20. The molecule has 2 fully saturated rings. The molecule has 0 unspecified atom stereocenters. The molecule has 3 heterocycles. The second kappa shape index (κ2) is 9.76. The van der Waals surface area contributed by atoms with Crippen LogP contribution in [-0.2, 0) is 11.2 Å². The lowest BCUT2D eigenvalue weighted by molar-refractivity contribution is -0.122. The van der Waals surface area contributed by atoms with E-state index in [1.807, 2.05) is 47.5 Å². The quantitative estimate of drug-likeness (QED) is 0.486. The van der Waals surface area contributed by atoms with Crippen molar-refractivity contribution in [3.63, 3.8) is 0 Å². The number of benzene rings is 1. The van der Waals surface area contributed by atoms with Crippen molar-refractivity contribution in [2.45, 2.75) is 31.7 Å². The lowest BCUT2D eigenvalue weighted by atomic mass is 9.88. The van der Waals surface area contributed by atoms with Crippen LogP contribution in [-0.4, -0.2) is 50.8 Å². The van der Waals surface area contributed by atoms with Gasteiger partial charge in [-0.05, 0) is 54.9 Å². The average molecular weight is 495 g/mol. The van der Waals surface area contributed by atoms with Crippen LogP contribution in [0, 0.1) is 17.8 Å². The Morgan fingerprint density at radius 1 is 1.05 bits per heavy atom. The summed E-state index contributed by atoms with van der Waals surface area (Å²) >= 11 is 0. The topological polar surface area (TPSA) is 114 Å². The number of nitrogens with zero attached hydrogens (tertiary/aromatic N) is 4. The minimum Gasteiger partial charge on any atom is -0.369 e. The highest BCUT2D eigenvalue weighted by Crippen LogP contribution is 2.45. The molecule has 1 saturated carbocycles. The number of fused-ring (bicyclic) bond motifs is 2. The molecule has 6 rings (SSSR count). The molecule has 3 aliphatic rings. The predicted octanol–water partition coefficient (Wildman–Crippen LogP) is 3.45. The maximum atomic E-state index is 12.9. The fraction of sp³-hybridized carbons (Fsp3) is 0.345. The molecule has 4 atom stereocenters. The van der Waals surface area contributed by atoms with Crippen LogP contribution >= 0.6 is 0 Å². The Morgan fingerprint density at radius 2 is 1.89 bits per heavy atom. The predicted molar refractivity (Wildman–Crippen MR) is 140 cm³/mol. The number of nitrogens with one attached hydrogen (secondary N) is 1. The van der Waals surface area contributed by atoms with E-state index in [1.165, 1.54) is 0 Å². The van der Waals surface area contributed by atoms with Gasteiger partial charge in [-0.2, -0.15) is 0 Å². The van der Waals surface area contributed by atoms with Gasteiger partial charge < -0.3 is 16.0 Å². The first kappa shape index (κ1) is 23.3. The number of hydrogen-bond donors (Lipinski definition) is 2. The average Bonchev–Trinajstić information content (AvgIpc) is 3.68. The van der Waals surface area contributed by atoms with Crippen molar-refractivity contribution in [3.05, 3.63) is 84.1 Å². The van der Waals surface area contributed by atoms with Gasteiger partial charge in [0.25, 0.3) is 5.91 Å². The van der Waals surface area contributed by atoms with Gasteiger partial charge in [-0.1, -0.05) is 30.4 Å². The van der Waals surface area contributed by atoms with Crippen LogP contribution in [0.15, 0.2) is 67.1 Å². The highest BCUT2D eigenvalue weighted by molar-refractivity contribution is 5.94. The van der Waals surface area contributed by atoms with E-state index >= 15 is 0 Å². The van der Waals surface area contributed by atoms with E-state index in [2.05, 4.69) is 27.4 Å². The number of primary amides is 1. The Bertz CT molecular complexity index is 1350. The zero-order valence-electron chi connectivity index (χ0n) is 20.6. The van der Waals surface area contributed by atoms with Gasteiger partial charge in [0.2, 0.25) is 5.91 Å². The number of rotatable bonds is 7. The number of aromatic nitrogens is 3. The molecule has 3 aromatic rings. The van der Waals surface area contributed by atoms with Crippen LogP contribution in [0.25, 0.3) is 11.1 Å². The van der Waals surface area contributed by atoms with Gasteiger partial charge in [-0.25, -0.2) is 9.97 Å². The number of carbonyl (C=O) groups is 2. The van der Waals surface area contributed by atoms with Crippen LogP contribution in [0.5, 0.6) is 0 Å². The van der Waals surface area contributed by atoms with E-state index in [9.17, 15) is 9.59 Å². The van der Waals surface area contributed by atoms with Crippen LogP contribution in [0.1, 0.15) is 41.0 Å². The molecule has 3 N–H and O–H groups in total. The number of likely N-dealkylation sites (tertiary alicyclic amines) is 1. The zero-order chi connectivity index (χ0) is 25.4. The number of carbonyl (C=O) groups excluding carboxylic acids is 2. The maximum absolute atomic E-state index is 12.9. The number of allylic oxidation sites excluding steroid dienone is 1. The second-order valence-corrected chi connectivity index (χ2v) is 10.2. The second-order valence-electron chi connectivity index (χ2n) is 10.2. The summed E-state index contributed by atoms with van der Waals surface area (Å²) in [6.07, 6.45) is 13.1. The van der Waals surface area contributed by atoms with Crippen molar-refractivity contribution in [1.29, 1.82) is 0 Å². The summed E-state index contributed by atoms with van der Waals surface area (Å²) in [4.78, 5) is 40.9. The fourth-order valence-corrected chi connectivity index (χ4v) is 6.01. The maximum Gasteiger partial charge on any atom is 0.253 e. The summed E-state index contributed by atoms with van der Waals surface area (Å²) in [6, 6.07) is 11.5. The molecule has 2 aliphatic carbocycles. The van der Waals surface area contributed by atoms with Crippen molar-refractivity contribution in [3.8, 4) is 11.1 Å². The Balaban J connectivity index is 1.30. The van der Waals surface area contributed by atoms with Gasteiger partial charge in [0.1, 0.15) is 11.6 Å². The Labute approximate surface area is 216 Å². The number of hydrogen-bond acceptors (Lipinski definition) is 6. The van der Waals surface area contributed by atoms with Crippen LogP contribution < -0.4 is 11.1 Å². The molecule has 37 heavy (non-hydrogen) atoms. The van der Waals surface area contributed by atoms with Gasteiger partial charge in [-0.15, -0.1) is 0 Å². The molecule has 8 nitrogen and oxygen atoms in total. The molecule has 1 aliphatic heterocycles. The first-order chi connectivity index (χ1) is 18.1. The number of anilines is 1. The lowest BCUT2D eigenvalue weighted by Crippen LogP contribution is -2.41. The van der Waals surface area contributed by atoms with E-state index < -0.39 is 0 Å². The molecular weight excluding hydrogens is 464 g/mol. The highest BCUT2D eigenvalue weighted by atomic mass is 16.2. The summed E-state index contributed by atoms with van der Waals surface area (Å²) < 4.78 is 0. The van der Waals surface area contributed by atoms with Gasteiger partial charge in [0.15, 0.2) is 0 Å². The molecule has 1 saturated heterocycles. The van der Waals surface area contributed by atoms with Crippen LogP contribution in [0.4, 0.5) is 5.82 Å². The lowest BCUT2D eigenvalue weighted by Gasteiger charge is -2.28. The largest absolute Gasteiger partial charge is 0.369 e. The third-order valence-electron chi connectivity index (χ3n) is 7.83. The van der Waals surface area contributed by atoms with E-state index in [1.54, 1.807) is 12.4 Å². The summed E-state index contributed by atoms with van der Waals surface area (Å²) in [5.74, 6) is 1.22. The van der Waals surface area contributed by atoms with Gasteiger partial charge >= 0.3 is 0 Å². The van der Waals surface area contributed by atoms with Crippen molar-refractivity contribution in [1.82, 2.24) is 19.9 Å². The molecule has 2 aromatic heterocycles. The molecule has 0 radical (unpaired) electrons. The van der Waals surface area contributed by atoms with E-state index in [0.29, 0.717) is 23.6 Å². The van der Waals surface area contributed by atoms with Crippen molar-refractivity contribution in [2.75, 3.05) is 18.4 Å². The molecule has 8 heteroatoms. The van der Waals surface area contributed by atoms with Gasteiger partial charge in [0, 0.05) is 60.8 Å². The SMILES string of the molecule is NC(=O)[C@@H]1[C@H](Nc2nc(Cc3cccc(C(=O)N4CCCC4)c3)ncc2-c2cccnc2)[C@H]2C=C[C@@H]1C2. The Hall–Kier alpha value is -4.07. The number of nitrogens with two attached hydrogens (primary N) is 1. The third-order valence-corrected chi connectivity index (χ3v) is 7.83. The van der Waals surface area contributed by atoms with Crippen LogP contribution in [0.3, 0.4) is 0 Å². The highest BCUT2D eigenvalue weighted by Gasteiger charge is 2.47. The van der Waals surface area contributed by atoms with Crippen molar-refractivity contribution < 1.29 is 9.59 Å². The van der Waals surface area contributed by atoms with E-state index in [4.69, 9.17) is 10.7 Å². The van der Waals surface area contributed by atoms with Crippen molar-refractivity contribution >= 4 is 17.6 Å². The first-order valence-electron chi connectivity index (χ1n) is 13.0. The van der Waals surface area contributed by atoms with E-state index in [-0.39, 0.29) is 35.6 Å². The molecule has 188 valence electrons. The molecule has 1 aromatic carbocycles. The smallest absolute Gasteiger partial charge is 0.253 e. The minimum atomic E-state index is -0.286.